The van der Waals surface area contributed by atoms with Crippen LogP contribution in [0.4, 0.5) is 0 Å². The van der Waals surface area contributed by atoms with Crippen molar-refractivity contribution in [2.45, 2.75) is 43.4 Å². The molecule has 19 heavy (non-hydrogen) atoms. The third kappa shape index (κ3) is 3.76. The van der Waals surface area contributed by atoms with Crippen molar-refractivity contribution in [3.05, 3.63) is 29.8 Å². The summed E-state index contributed by atoms with van der Waals surface area (Å²) in [5, 5.41) is 0. The predicted octanol–water partition coefficient (Wildman–Crippen LogP) is 0.991. The molecule has 106 valence electrons. The lowest BCUT2D eigenvalue weighted by Gasteiger charge is -2.27. The van der Waals surface area contributed by atoms with E-state index >= 15 is 0 Å². The van der Waals surface area contributed by atoms with Crippen LogP contribution in [-0.4, -0.2) is 27.2 Å². The van der Waals surface area contributed by atoms with Crippen LogP contribution in [0.3, 0.4) is 0 Å². The van der Waals surface area contributed by atoms with Gasteiger partial charge in [-0.3, -0.25) is 0 Å². The van der Waals surface area contributed by atoms with E-state index in [4.69, 9.17) is 10.5 Å². The van der Waals surface area contributed by atoms with Crippen molar-refractivity contribution >= 4 is 10.0 Å². The molecule has 0 bridgehead atoms. The number of hydrogen-bond acceptors (Lipinski definition) is 4. The average Bonchev–Trinajstić information content (AvgIpc) is 2.38. The van der Waals surface area contributed by atoms with Gasteiger partial charge in [0.05, 0.1) is 11.0 Å². The van der Waals surface area contributed by atoms with Gasteiger partial charge in [-0.1, -0.05) is 12.1 Å². The zero-order chi connectivity index (χ0) is 13.9. The second-order valence-electron chi connectivity index (χ2n) is 4.88. The topological polar surface area (TPSA) is 81.4 Å². The highest BCUT2D eigenvalue weighted by atomic mass is 32.2. The van der Waals surface area contributed by atoms with E-state index in [0.717, 1.165) is 5.56 Å². The van der Waals surface area contributed by atoms with Crippen LogP contribution in [0.2, 0.25) is 0 Å². The Bertz CT molecular complexity index is 530. The number of ether oxygens (including phenoxy) is 1. The molecular formula is C13H20N2O3S. The minimum Gasteiger partial charge on any atom is -0.378 e. The van der Waals surface area contributed by atoms with E-state index in [1.54, 1.807) is 18.2 Å². The molecule has 2 rings (SSSR count). The molecule has 6 heteroatoms. The third-order valence-corrected chi connectivity index (χ3v) is 4.77. The van der Waals surface area contributed by atoms with Gasteiger partial charge in [0, 0.05) is 19.2 Å². The molecule has 1 aromatic rings. The zero-order valence-electron chi connectivity index (χ0n) is 11.0. The van der Waals surface area contributed by atoms with E-state index in [2.05, 4.69) is 4.72 Å². The van der Waals surface area contributed by atoms with E-state index in [1.807, 2.05) is 13.0 Å². The molecule has 1 aromatic carbocycles. The van der Waals surface area contributed by atoms with Crippen molar-refractivity contribution in [3.63, 3.8) is 0 Å². The Hall–Kier alpha value is -0.950. The second-order valence-corrected chi connectivity index (χ2v) is 6.59. The van der Waals surface area contributed by atoms with Crippen molar-refractivity contribution in [1.82, 2.24) is 4.72 Å². The SMILES string of the molecule is CC1CC(NS(=O)(=O)c2cccc(CN)c2)CCO1. The average molecular weight is 284 g/mol. The first-order valence-corrected chi connectivity index (χ1v) is 7.92. The Balaban J connectivity index is 2.13. The number of rotatable bonds is 4. The van der Waals surface area contributed by atoms with E-state index in [1.165, 1.54) is 0 Å². The van der Waals surface area contributed by atoms with Crippen LogP contribution in [0.25, 0.3) is 0 Å². The highest BCUT2D eigenvalue weighted by Crippen LogP contribution is 2.17. The number of nitrogens with one attached hydrogen (secondary N) is 1. The van der Waals surface area contributed by atoms with Gasteiger partial charge in [-0.15, -0.1) is 0 Å². The van der Waals surface area contributed by atoms with Crippen LogP contribution >= 0.6 is 0 Å². The van der Waals surface area contributed by atoms with Crippen LogP contribution in [0.1, 0.15) is 25.3 Å². The lowest BCUT2D eigenvalue weighted by molar-refractivity contribution is 0.0173. The Morgan fingerprint density at radius 2 is 2.26 bits per heavy atom. The monoisotopic (exact) mass is 284 g/mol. The van der Waals surface area contributed by atoms with Crippen LogP contribution in [0.5, 0.6) is 0 Å². The van der Waals surface area contributed by atoms with Gasteiger partial charge < -0.3 is 10.5 Å². The lowest BCUT2D eigenvalue weighted by atomic mass is 10.1. The van der Waals surface area contributed by atoms with Crippen molar-refractivity contribution in [2.75, 3.05) is 6.61 Å². The summed E-state index contributed by atoms with van der Waals surface area (Å²) in [5.41, 5.74) is 6.34. The molecule has 3 N–H and O–H groups in total. The van der Waals surface area contributed by atoms with Crippen molar-refractivity contribution in [3.8, 4) is 0 Å². The smallest absolute Gasteiger partial charge is 0.240 e. The molecule has 1 heterocycles. The fraction of sp³-hybridized carbons (Fsp3) is 0.538. The first kappa shape index (κ1) is 14.5. The molecule has 2 atom stereocenters. The number of sulfonamides is 1. The maximum absolute atomic E-state index is 12.3. The Labute approximate surface area is 114 Å². The van der Waals surface area contributed by atoms with Crippen molar-refractivity contribution in [2.24, 2.45) is 5.73 Å². The molecule has 0 spiro atoms. The summed E-state index contributed by atoms with van der Waals surface area (Å²) in [6.07, 6.45) is 1.51. The van der Waals surface area contributed by atoms with Gasteiger partial charge in [0.25, 0.3) is 0 Å². The summed E-state index contributed by atoms with van der Waals surface area (Å²) in [5.74, 6) is 0. The van der Waals surface area contributed by atoms with Gasteiger partial charge in [0.1, 0.15) is 0 Å². The van der Waals surface area contributed by atoms with Crippen molar-refractivity contribution in [1.29, 1.82) is 0 Å². The summed E-state index contributed by atoms with van der Waals surface area (Å²) in [6, 6.07) is 6.67. The van der Waals surface area contributed by atoms with Gasteiger partial charge in [-0.05, 0) is 37.5 Å². The third-order valence-electron chi connectivity index (χ3n) is 3.25. The minimum absolute atomic E-state index is 0.0599. The second kappa shape index (κ2) is 6.00. The standard InChI is InChI=1S/C13H20N2O3S/c1-10-7-12(5-6-18-10)15-19(16,17)13-4-2-3-11(8-13)9-14/h2-4,8,10,12,15H,5-7,9,14H2,1H3. The Morgan fingerprint density at radius 1 is 1.47 bits per heavy atom. The van der Waals surface area contributed by atoms with Gasteiger partial charge in [0.15, 0.2) is 0 Å². The minimum atomic E-state index is -3.48. The van der Waals surface area contributed by atoms with Crippen LogP contribution < -0.4 is 10.5 Å². The molecule has 0 radical (unpaired) electrons. The number of nitrogens with two attached hydrogens (primary N) is 1. The van der Waals surface area contributed by atoms with E-state index in [0.29, 0.717) is 26.0 Å². The van der Waals surface area contributed by atoms with Crippen LogP contribution in [0.15, 0.2) is 29.2 Å². The molecule has 1 aliphatic rings. The maximum Gasteiger partial charge on any atom is 0.240 e. The van der Waals surface area contributed by atoms with Gasteiger partial charge in [-0.2, -0.15) is 0 Å². The van der Waals surface area contributed by atoms with Gasteiger partial charge in [0.2, 0.25) is 10.0 Å². The first-order valence-electron chi connectivity index (χ1n) is 6.44. The van der Waals surface area contributed by atoms with Crippen LogP contribution in [-0.2, 0) is 21.3 Å². The molecule has 1 aliphatic heterocycles. The highest BCUT2D eigenvalue weighted by molar-refractivity contribution is 7.89. The first-order chi connectivity index (χ1) is 9.01. The highest BCUT2D eigenvalue weighted by Gasteiger charge is 2.25. The van der Waals surface area contributed by atoms with Crippen molar-refractivity contribution < 1.29 is 13.2 Å². The largest absolute Gasteiger partial charge is 0.378 e. The summed E-state index contributed by atoms with van der Waals surface area (Å²) >= 11 is 0. The van der Waals surface area contributed by atoms with Gasteiger partial charge in [-0.25, -0.2) is 13.1 Å². The van der Waals surface area contributed by atoms with Crippen LogP contribution in [0, 0.1) is 0 Å². The quantitative estimate of drug-likeness (QED) is 0.864. The van der Waals surface area contributed by atoms with E-state index < -0.39 is 10.0 Å². The molecular weight excluding hydrogens is 264 g/mol. The summed E-state index contributed by atoms with van der Waals surface area (Å²) < 4.78 is 32.7. The molecule has 2 unspecified atom stereocenters. The molecule has 0 aromatic heterocycles. The normalized spacial score (nSPS) is 24.3. The van der Waals surface area contributed by atoms with Gasteiger partial charge >= 0.3 is 0 Å². The molecule has 1 fully saturated rings. The maximum atomic E-state index is 12.3. The summed E-state index contributed by atoms with van der Waals surface area (Å²) in [4.78, 5) is 0.273. The molecule has 0 aliphatic carbocycles. The molecule has 0 amide bonds. The number of hydrogen-bond donors (Lipinski definition) is 2. The fourth-order valence-corrected chi connectivity index (χ4v) is 3.59. The van der Waals surface area contributed by atoms with E-state index in [9.17, 15) is 8.42 Å². The predicted molar refractivity (Wildman–Crippen MR) is 73.1 cm³/mol. The summed E-state index contributed by atoms with van der Waals surface area (Å²) in [7, 11) is -3.48. The molecule has 5 nitrogen and oxygen atoms in total. The number of benzene rings is 1. The fourth-order valence-electron chi connectivity index (χ4n) is 2.23. The Kier molecular flexibility index (Phi) is 4.57. The zero-order valence-corrected chi connectivity index (χ0v) is 11.8. The molecule has 1 saturated heterocycles. The lowest BCUT2D eigenvalue weighted by Crippen LogP contribution is -2.41. The summed E-state index contributed by atoms with van der Waals surface area (Å²) in [6.45, 7) is 2.88. The van der Waals surface area contributed by atoms with E-state index in [-0.39, 0.29) is 17.0 Å². The molecule has 0 saturated carbocycles. The Morgan fingerprint density at radius 3 is 2.95 bits per heavy atom.